The Kier molecular flexibility index (Phi) is 7.11. The zero-order chi connectivity index (χ0) is 18.0. The molecule has 0 bridgehead atoms. The number of anilines is 1. The van der Waals surface area contributed by atoms with Gasteiger partial charge >= 0.3 is 0 Å². The summed E-state index contributed by atoms with van der Waals surface area (Å²) in [7, 11) is 2.04. The van der Waals surface area contributed by atoms with Crippen LogP contribution in [-0.4, -0.2) is 36.1 Å². The smallest absolute Gasteiger partial charge is 0.256 e. The van der Waals surface area contributed by atoms with Gasteiger partial charge < -0.3 is 16.0 Å². The first-order chi connectivity index (χ1) is 12.0. The van der Waals surface area contributed by atoms with Gasteiger partial charge in [0, 0.05) is 28.4 Å². The lowest BCUT2D eigenvalue weighted by Gasteiger charge is -2.22. The van der Waals surface area contributed by atoms with Gasteiger partial charge in [-0.1, -0.05) is 13.0 Å². The summed E-state index contributed by atoms with van der Waals surface area (Å²) in [6.07, 6.45) is 0.777. The molecule has 0 radical (unpaired) electrons. The van der Waals surface area contributed by atoms with Gasteiger partial charge in [-0.3, -0.25) is 9.59 Å². The van der Waals surface area contributed by atoms with Crippen molar-refractivity contribution in [3.8, 4) is 0 Å². The topological polar surface area (TPSA) is 75.4 Å². The van der Waals surface area contributed by atoms with Crippen LogP contribution in [-0.2, 0) is 13.0 Å². The molecule has 1 aromatic carbocycles. The van der Waals surface area contributed by atoms with Crippen LogP contribution in [0.4, 0.5) is 5.00 Å². The summed E-state index contributed by atoms with van der Waals surface area (Å²) in [5, 5.41) is 3.46. The van der Waals surface area contributed by atoms with Gasteiger partial charge in [-0.25, -0.2) is 0 Å². The van der Waals surface area contributed by atoms with Crippen molar-refractivity contribution in [3.05, 3.63) is 45.8 Å². The molecule has 26 heavy (non-hydrogen) atoms. The van der Waals surface area contributed by atoms with Crippen molar-refractivity contribution in [2.24, 2.45) is 5.73 Å². The number of nitrogens with zero attached hydrogens (tertiary/aromatic N) is 1. The Morgan fingerprint density at radius 2 is 2.15 bits per heavy atom. The number of nitrogens with one attached hydrogen (secondary N) is 1. The van der Waals surface area contributed by atoms with Crippen LogP contribution in [0.5, 0.6) is 0 Å². The maximum absolute atomic E-state index is 12.6. The maximum atomic E-state index is 12.6. The van der Waals surface area contributed by atoms with Crippen LogP contribution in [0, 0.1) is 0 Å². The highest BCUT2D eigenvalue weighted by molar-refractivity contribution is 7.99. The summed E-state index contributed by atoms with van der Waals surface area (Å²) in [6, 6.07) is 7.50. The summed E-state index contributed by atoms with van der Waals surface area (Å²) in [5.74, 6) is 0.253. The molecule has 2 amide bonds. The molecule has 0 fully saturated rings. The lowest BCUT2D eigenvalue weighted by molar-refractivity contribution is 0.1000. The minimum atomic E-state index is -0.479. The number of primary amides is 1. The van der Waals surface area contributed by atoms with Gasteiger partial charge in [-0.2, -0.15) is 0 Å². The number of likely N-dealkylation sites (N-methyl/N-ethyl adjacent to an activating group) is 1. The molecule has 140 valence electrons. The van der Waals surface area contributed by atoms with Crippen LogP contribution in [0.25, 0.3) is 0 Å². The van der Waals surface area contributed by atoms with E-state index >= 15 is 0 Å². The molecule has 0 spiro atoms. The highest BCUT2D eigenvalue weighted by Gasteiger charge is 2.26. The fourth-order valence-electron chi connectivity index (χ4n) is 2.95. The molecule has 1 aliphatic rings. The SMILES string of the molecule is CCSc1cccc(C(=O)Nc2sc3c(c2C(N)=O)CCN(C)C3)c1.Cl. The zero-order valence-electron chi connectivity index (χ0n) is 14.7. The van der Waals surface area contributed by atoms with Crippen LogP contribution >= 0.6 is 35.5 Å². The third-order valence-corrected chi connectivity index (χ3v) is 6.14. The van der Waals surface area contributed by atoms with Crippen molar-refractivity contribution in [1.82, 2.24) is 4.90 Å². The molecule has 8 heteroatoms. The van der Waals surface area contributed by atoms with E-state index in [9.17, 15) is 9.59 Å². The average molecular weight is 412 g/mol. The molecule has 0 saturated carbocycles. The van der Waals surface area contributed by atoms with E-state index in [-0.39, 0.29) is 18.3 Å². The van der Waals surface area contributed by atoms with Crippen molar-refractivity contribution in [3.63, 3.8) is 0 Å². The molecule has 3 N–H and O–H groups in total. The van der Waals surface area contributed by atoms with E-state index < -0.39 is 5.91 Å². The Morgan fingerprint density at radius 1 is 1.38 bits per heavy atom. The van der Waals surface area contributed by atoms with Crippen LogP contribution in [0.15, 0.2) is 29.2 Å². The largest absolute Gasteiger partial charge is 0.365 e. The third-order valence-electron chi connectivity index (χ3n) is 4.13. The molecular formula is C18H22ClN3O2S2. The van der Waals surface area contributed by atoms with Crippen molar-refractivity contribution < 1.29 is 9.59 Å². The number of thiophene rings is 1. The van der Waals surface area contributed by atoms with Crippen molar-refractivity contribution in [1.29, 1.82) is 0 Å². The number of hydrogen-bond acceptors (Lipinski definition) is 5. The van der Waals surface area contributed by atoms with Crippen LogP contribution < -0.4 is 11.1 Å². The van der Waals surface area contributed by atoms with Crippen molar-refractivity contribution >= 4 is 52.3 Å². The summed E-state index contributed by atoms with van der Waals surface area (Å²) < 4.78 is 0. The number of carbonyl (C=O) groups excluding carboxylic acids is 2. The first-order valence-corrected chi connectivity index (χ1v) is 9.97. The van der Waals surface area contributed by atoms with Gasteiger partial charge in [-0.15, -0.1) is 35.5 Å². The number of carbonyl (C=O) groups is 2. The molecule has 0 saturated heterocycles. The lowest BCUT2D eigenvalue weighted by atomic mass is 10.0. The van der Waals surface area contributed by atoms with Gasteiger partial charge in [0.1, 0.15) is 5.00 Å². The number of hydrogen-bond donors (Lipinski definition) is 2. The van der Waals surface area contributed by atoms with E-state index in [1.807, 2.05) is 25.2 Å². The fourth-order valence-corrected chi connectivity index (χ4v) is 5.00. The Hall–Kier alpha value is -1.54. The third kappa shape index (κ3) is 4.40. The molecule has 2 aromatic rings. The Morgan fingerprint density at radius 3 is 2.85 bits per heavy atom. The van der Waals surface area contributed by atoms with E-state index in [1.165, 1.54) is 11.3 Å². The summed E-state index contributed by atoms with van der Waals surface area (Å²) in [4.78, 5) is 29.0. The number of fused-ring (bicyclic) bond motifs is 1. The van der Waals surface area contributed by atoms with E-state index in [1.54, 1.807) is 17.8 Å². The number of rotatable bonds is 5. The highest BCUT2D eigenvalue weighted by Crippen LogP contribution is 2.36. The second-order valence-corrected chi connectivity index (χ2v) is 8.42. The Balaban J connectivity index is 0.00000243. The molecule has 1 aromatic heterocycles. The van der Waals surface area contributed by atoms with E-state index in [2.05, 4.69) is 17.1 Å². The van der Waals surface area contributed by atoms with Crippen LogP contribution in [0.2, 0.25) is 0 Å². The monoisotopic (exact) mass is 411 g/mol. The minimum absolute atomic E-state index is 0. The van der Waals surface area contributed by atoms with Gasteiger partial charge in [0.15, 0.2) is 0 Å². The average Bonchev–Trinajstić information content (AvgIpc) is 2.92. The molecule has 0 unspecified atom stereocenters. The van der Waals surface area contributed by atoms with Gasteiger partial charge in [0.05, 0.1) is 5.56 Å². The fraction of sp³-hybridized carbons (Fsp3) is 0.333. The molecule has 2 heterocycles. The van der Waals surface area contributed by atoms with E-state index in [4.69, 9.17) is 5.73 Å². The summed E-state index contributed by atoms with van der Waals surface area (Å²) in [5.41, 5.74) is 7.64. The first kappa shape index (κ1) is 20.8. The Bertz CT molecular complexity index is 823. The number of halogens is 1. The number of amides is 2. The zero-order valence-corrected chi connectivity index (χ0v) is 17.2. The number of nitrogens with two attached hydrogens (primary N) is 1. The van der Waals surface area contributed by atoms with Crippen LogP contribution in [0.3, 0.4) is 0 Å². The predicted octanol–water partition coefficient (Wildman–Crippen LogP) is 3.62. The predicted molar refractivity (Wildman–Crippen MR) is 111 cm³/mol. The quantitative estimate of drug-likeness (QED) is 0.737. The highest BCUT2D eigenvalue weighted by atomic mass is 35.5. The van der Waals surface area contributed by atoms with Crippen molar-refractivity contribution in [2.75, 3.05) is 24.7 Å². The van der Waals surface area contributed by atoms with E-state index in [0.717, 1.165) is 40.6 Å². The lowest BCUT2D eigenvalue weighted by Crippen LogP contribution is -2.27. The summed E-state index contributed by atoms with van der Waals surface area (Å²) >= 11 is 3.14. The standard InChI is InChI=1S/C18H21N3O2S2.ClH/c1-3-24-12-6-4-5-11(9-12)17(23)20-18-15(16(19)22)13-7-8-21(2)10-14(13)25-18;/h4-6,9H,3,7-8,10H2,1-2H3,(H2,19,22)(H,20,23);1H. The molecule has 0 atom stereocenters. The second kappa shape index (κ2) is 8.90. The van der Waals surface area contributed by atoms with E-state index in [0.29, 0.717) is 16.1 Å². The molecule has 5 nitrogen and oxygen atoms in total. The van der Waals surface area contributed by atoms with Gasteiger partial charge in [-0.05, 0) is 43.0 Å². The molecule has 0 aliphatic carbocycles. The summed E-state index contributed by atoms with van der Waals surface area (Å²) in [6.45, 7) is 3.73. The second-order valence-electron chi connectivity index (χ2n) is 5.97. The van der Waals surface area contributed by atoms with Gasteiger partial charge in [0.25, 0.3) is 11.8 Å². The maximum Gasteiger partial charge on any atom is 0.256 e. The van der Waals surface area contributed by atoms with Gasteiger partial charge in [0.2, 0.25) is 0 Å². The van der Waals surface area contributed by atoms with Crippen LogP contribution in [0.1, 0.15) is 38.1 Å². The molecular weight excluding hydrogens is 390 g/mol. The van der Waals surface area contributed by atoms with Crippen molar-refractivity contribution in [2.45, 2.75) is 24.8 Å². The minimum Gasteiger partial charge on any atom is -0.365 e. The number of benzene rings is 1. The molecule has 1 aliphatic heterocycles. The number of thioether (sulfide) groups is 1. The first-order valence-electron chi connectivity index (χ1n) is 8.16. The Labute approximate surface area is 167 Å². The normalized spacial score (nSPS) is 13.6. The molecule has 3 rings (SSSR count).